The summed E-state index contributed by atoms with van der Waals surface area (Å²) in [5.41, 5.74) is 1.51. The minimum Gasteiger partial charge on any atom is -0.352 e. The molecule has 2 unspecified atom stereocenters. The molecule has 5 rings (SSSR count). The van der Waals surface area contributed by atoms with Crippen molar-refractivity contribution in [2.75, 3.05) is 31.1 Å². The Labute approximate surface area is 183 Å². The minimum absolute atomic E-state index is 0.296. The summed E-state index contributed by atoms with van der Waals surface area (Å²) in [4.78, 5) is 30.1. The summed E-state index contributed by atoms with van der Waals surface area (Å²) in [5, 5.41) is 1.31. The number of carbonyl (C=O) groups excluding carboxylic acids is 1. The van der Waals surface area contributed by atoms with E-state index in [-0.39, 0.29) is 0 Å². The Morgan fingerprint density at radius 3 is 2.60 bits per heavy atom. The van der Waals surface area contributed by atoms with Gasteiger partial charge in [-0.15, -0.1) is 11.3 Å². The molecule has 1 amide bonds. The average molecular weight is 427 g/mol. The van der Waals surface area contributed by atoms with Gasteiger partial charge in [-0.25, -0.2) is 9.97 Å². The number of aryl methyl sites for hydroxylation is 1. The van der Waals surface area contributed by atoms with E-state index in [2.05, 4.69) is 30.6 Å². The van der Waals surface area contributed by atoms with Crippen molar-refractivity contribution < 1.29 is 4.79 Å². The first-order valence-corrected chi connectivity index (χ1v) is 12.7. The zero-order chi connectivity index (χ0) is 20.8. The van der Waals surface area contributed by atoms with E-state index >= 15 is 0 Å². The van der Waals surface area contributed by atoms with Gasteiger partial charge in [-0.05, 0) is 50.0 Å². The summed E-state index contributed by atoms with van der Waals surface area (Å²) in [5.74, 6) is 3.93. The standard InChI is InChI=1S/C24H34N4OS/c1-4-16(3)21-25-22(20-18-9-8-15(2)14-19(18)30-23(20)26-21)27-10-12-28(13-11-27)24(29)17-6-5-7-17/h15-17H,4-14H2,1-3H3. The molecule has 6 heteroatoms. The third-order valence-electron chi connectivity index (χ3n) is 7.55. The van der Waals surface area contributed by atoms with Crippen molar-refractivity contribution in [3.8, 4) is 0 Å². The first-order valence-electron chi connectivity index (χ1n) is 11.9. The van der Waals surface area contributed by atoms with Crippen LogP contribution in [0.5, 0.6) is 0 Å². The number of amides is 1. The number of piperazine rings is 1. The van der Waals surface area contributed by atoms with Crippen molar-refractivity contribution in [1.82, 2.24) is 14.9 Å². The van der Waals surface area contributed by atoms with Gasteiger partial charge in [-0.2, -0.15) is 0 Å². The van der Waals surface area contributed by atoms with Gasteiger partial charge in [-0.3, -0.25) is 4.79 Å². The second-order valence-electron chi connectivity index (χ2n) is 9.69. The Hall–Kier alpha value is -1.69. The van der Waals surface area contributed by atoms with Crippen molar-refractivity contribution in [1.29, 1.82) is 0 Å². The molecule has 1 saturated heterocycles. The van der Waals surface area contributed by atoms with Gasteiger partial charge in [0.2, 0.25) is 5.91 Å². The van der Waals surface area contributed by atoms with Crippen LogP contribution in [-0.4, -0.2) is 47.0 Å². The molecule has 0 spiro atoms. The number of anilines is 1. The smallest absolute Gasteiger partial charge is 0.225 e. The zero-order valence-corrected chi connectivity index (χ0v) is 19.4. The molecule has 30 heavy (non-hydrogen) atoms. The normalized spacial score (nSPS) is 23.4. The van der Waals surface area contributed by atoms with Gasteiger partial charge in [0, 0.05) is 42.9 Å². The Balaban J connectivity index is 1.47. The molecule has 162 valence electrons. The molecule has 0 aromatic carbocycles. The maximum Gasteiger partial charge on any atom is 0.225 e. The summed E-state index contributed by atoms with van der Waals surface area (Å²) in [6.07, 6.45) is 8.03. The lowest BCUT2D eigenvalue weighted by molar-refractivity contribution is -0.138. The van der Waals surface area contributed by atoms with Gasteiger partial charge in [0.15, 0.2) is 0 Å². The lowest BCUT2D eigenvalue weighted by atomic mass is 9.84. The first kappa shape index (κ1) is 20.2. The molecule has 1 saturated carbocycles. The summed E-state index contributed by atoms with van der Waals surface area (Å²) in [6, 6.07) is 0. The van der Waals surface area contributed by atoms with Gasteiger partial charge in [-0.1, -0.05) is 27.2 Å². The van der Waals surface area contributed by atoms with Gasteiger partial charge in [0.1, 0.15) is 16.5 Å². The third-order valence-corrected chi connectivity index (χ3v) is 8.70. The van der Waals surface area contributed by atoms with Crippen LogP contribution in [0.4, 0.5) is 5.82 Å². The molecule has 5 nitrogen and oxygen atoms in total. The average Bonchev–Trinajstić information content (AvgIpc) is 3.08. The SMILES string of the molecule is CCC(C)c1nc(N2CCN(C(=O)C3CCC3)CC2)c2c3c(sc2n1)CC(C)CC3. The van der Waals surface area contributed by atoms with Crippen molar-refractivity contribution in [2.24, 2.45) is 11.8 Å². The van der Waals surface area contributed by atoms with Crippen molar-refractivity contribution in [2.45, 2.75) is 71.6 Å². The summed E-state index contributed by atoms with van der Waals surface area (Å²) in [7, 11) is 0. The van der Waals surface area contributed by atoms with Crippen LogP contribution in [0.3, 0.4) is 0 Å². The van der Waals surface area contributed by atoms with Crippen LogP contribution in [0, 0.1) is 11.8 Å². The highest BCUT2D eigenvalue weighted by Crippen LogP contribution is 2.42. The topological polar surface area (TPSA) is 49.3 Å². The maximum atomic E-state index is 12.7. The number of carbonyl (C=O) groups is 1. The monoisotopic (exact) mass is 426 g/mol. The number of hydrogen-bond acceptors (Lipinski definition) is 5. The van der Waals surface area contributed by atoms with E-state index < -0.39 is 0 Å². The van der Waals surface area contributed by atoms with Gasteiger partial charge in [0.25, 0.3) is 0 Å². The predicted octanol–water partition coefficient (Wildman–Crippen LogP) is 4.78. The molecule has 3 aliphatic rings. The Bertz CT molecular complexity index is 942. The maximum absolute atomic E-state index is 12.7. The number of rotatable bonds is 4. The van der Waals surface area contributed by atoms with E-state index in [0.29, 0.717) is 17.7 Å². The Morgan fingerprint density at radius 1 is 1.17 bits per heavy atom. The molecule has 2 atom stereocenters. The first-order chi connectivity index (χ1) is 14.5. The van der Waals surface area contributed by atoms with Gasteiger partial charge >= 0.3 is 0 Å². The minimum atomic E-state index is 0.296. The number of nitrogens with zero attached hydrogens (tertiary/aromatic N) is 4. The largest absolute Gasteiger partial charge is 0.352 e. The number of aromatic nitrogens is 2. The van der Waals surface area contributed by atoms with Crippen molar-refractivity contribution >= 4 is 33.3 Å². The Morgan fingerprint density at radius 2 is 1.93 bits per heavy atom. The molecule has 0 radical (unpaired) electrons. The fraction of sp³-hybridized carbons (Fsp3) is 0.708. The second-order valence-corrected chi connectivity index (χ2v) is 10.8. The molecule has 1 aliphatic heterocycles. The van der Waals surface area contributed by atoms with E-state index in [1.54, 1.807) is 0 Å². The van der Waals surface area contributed by atoms with E-state index in [1.165, 1.54) is 39.9 Å². The fourth-order valence-electron chi connectivity index (χ4n) is 5.02. The van der Waals surface area contributed by atoms with Crippen LogP contribution in [0.1, 0.15) is 75.1 Å². The molecular formula is C24H34N4OS. The molecule has 3 heterocycles. The predicted molar refractivity (Wildman–Crippen MR) is 123 cm³/mol. The molecule has 2 fully saturated rings. The number of fused-ring (bicyclic) bond motifs is 3. The highest BCUT2D eigenvalue weighted by Gasteiger charge is 2.33. The number of hydrogen-bond donors (Lipinski definition) is 0. The van der Waals surface area contributed by atoms with Crippen LogP contribution in [0.15, 0.2) is 0 Å². The van der Waals surface area contributed by atoms with Crippen molar-refractivity contribution in [3.63, 3.8) is 0 Å². The molecule has 0 N–H and O–H groups in total. The number of thiophene rings is 1. The van der Waals surface area contributed by atoms with E-state index in [0.717, 1.165) is 69.4 Å². The molecule has 2 aromatic heterocycles. The summed E-state index contributed by atoms with van der Waals surface area (Å²) in [6.45, 7) is 10.2. The highest BCUT2D eigenvalue weighted by molar-refractivity contribution is 7.19. The van der Waals surface area contributed by atoms with E-state index in [4.69, 9.17) is 9.97 Å². The molecule has 2 aliphatic carbocycles. The Kier molecular flexibility index (Phi) is 5.46. The van der Waals surface area contributed by atoms with E-state index in [9.17, 15) is 4.79 Å². The van der Waals surface area contributed by atoms with Crippen LogP contribution in [0.25, 0.3) is 10.2 Å². The van der Waals surface area contributed by atoms with Gasteiger partial charge < -0.3 is 9.80 Å². The molecule has 0 bridgehead atoms. The molecule has 2 aromatic rings. The zero-order valence-electron chi connectivity index (χ0n) is 18.6. The summed E-state index contributed by atoms with van der Waals surface area (Å²) >= 11 is 1.90. The van der Waals surface area contributed by atoms with Crippen LogP contribution < -0.4 is 4.90 Å². The lowest BCUT2D eigenvalue weighted by Gasteiger charge is -2.39. The highest BCUT2D eigenvalue weighted by atomic mass is 32.1. The van der Waals surface area contributed by atoms with Gasteiger partial charge in [0.05, 0.1) is 5.39 Å². The van der Waals surface area contributed by atoms with Crippen LogP contribution >= 0.6 is 11.3 Å². The van der Waals surface area contributed by atoms with Crippen LogP contribution in [0.2, 0.25) is 0 Å². The summed E-state index contributed by atoms with van der Waals surface area (Å²) < 4.78 is 0. The molecular weight excluding hydrogens is 392 g/mol. The second kappa shape index (κ2) is 8.10. The third kappa shape index (κ3) is 3.51. The fourth-order valence-corrected chi connectivity index (χ4v) is 6.41. The lowest BCUT2D eigenvalue weighted by Crippen LogP contribution is -2.51. The quantitative estimate of drug-likeness (QED) is 0.706. The van der Waals surface area contributed by atoms with Crippen molar-refractivity contribution in [3.05, 3.63) is 16.3 Å². The van der Waals surface area contributed by atoms with Crippen LogP contribution in [-0.2, 0) is 17.6 Å². The van der Waals surface area contributed by atoms with E-state index in [1.807, 2.05) is 11.3 Å².